The fraction of sp³-hybridized carbons (Fsp3) is 0.636. The first-order valence-electron chi connectivity index (χ1n) is 10.4. The molecule has 6 nitrogen and oxygen atoms in total. The van der Waals surface area contributed by atoms with Gasteiger partial charge in [0, 0.05) is 25.7 Å². The van der Waals surface area contributed by atoms with E-state index < -0.39 is 0 Å². The van der Waals surface area contributed by atoms with Gasteiger partial charge in [-0.2, -0.15) is 0 Å². The Morgan fingerprint density at radius 1 is 1.07 bits per heavy atom. The number of nitrogens with zero attached hydrogens (tertiary/aromatic N) is 2. The molecule has 1 aromatic carbocycles. The van der Waals surface area contributed by atoms with Crippen molar-refractivity contribution in [2.24, 2.45) is 11.8 Å². The third kappa shape index (κ3) is 3.69. The number of ether oxygens (including phenoxy) is 2. The summed E-state index contributed by atoms with van der Waals surface area (Å²) in [5.74, 6) is 2.27. The predicted molar refractivity (Wildman–Crippen MR) is 105 cm³/mol. The molecule has 1 aliphatic carbocycles. The van der Waals surface area contributed by atoms with E-state index in [4.69, 9.17) is 9.47 Å². The van der Waals surface area contributed by atoms with Crippen molar-refractivity contribution in [3.8, 4) is 11.5 Å². The summed E-state index contributed by atoms with van der Waals surface area (Å²) in [6, 6.07) is 5.77. The third-order valence-electron chi connectivity index (χ3n) is 6.63. The second kappa shape index (κ2) is 8.02. The van der Waals surface area contributed by atoms with E-state index in [1.165, 1.54) is 19.3 Å². The lowest BCUT2D eigenvalue weighted by atomic mass is 9.83. The molecule has 0 unspecified atom stereocenters. The van der Waals surface area contributed by atoms with E-state index in [-0.39, 0.29) is 23.8 Å². The summed E-state index contributed by atoms with van der Waals surface area (Å²) >= 11 is 0. The van der Waals surface area contributed by atoms with E-state index in [1.807, 2.05) is 23.1 Å². The van der Waals surface area contributed by atoms with Crippen molar-refractivity contribution in [1.29, 1.82) is 0 Å². The molecular weight excluding hydrogens is 356 g/mol. The molecule has 2 atom stereocenters. The summed E-state index contributed by atoms with van der Waals surface area (Å²) in [4.78, 5) is 30.0. The van der Waals surface area contributed by atoms with E-state index in [9.17, 15) is 9.59 Å². The van der Waals surface area contributed by atoms with Crippen LogP contribution >= 0.6 is 0 Å². The SMILES string of the molecule is COc1ccc(CC(=O)N2C[C@H]3CC[C@@H](C2)N(CC2CCC2)C3=O)cc1OC. The maximum Gasteiger partial charge on any atom is 0.227 e. The van der Waals surface area contributed by atoms with E-state index in [0.29, 0.717) is 36.9 Å². The zero-order valence-electron chi connectivity index (χ0n) is 16.9. The van der Waals surface area contributed by atoms with Gasteiger partial charge < -0.3 is 19.3 Å². The van der Waals surface area contributed by atoms with Crippen LogP contribution in [0.1, 0.15) is 37.7 Å². The molecule has 152 valence electrons. The van der Waals surface area contributed by atoms with Crippen LogP contribution < -0.4 is 9.47 Å². The molecule has 3 heterocycles. The first kappa shape index (κ1) is 19.1. The Bertz CT molecular complexity index is 746. The summed E-state index contributed by atoms with van der Waals surface area (Å²) in [6.45, 7) is 2.11. The highest BCUT2D eigenvalue weighted by molar-refractivity contribution is 5.84. The van der Waals surface area contributed by atoms with Crippen molar-refractivity contribution in [2.45, 2.75) is 44.6 Å². The molecular formula is C22H30N2O4. The minimum Gasteiger partial charge on any atom is -0.493 e. The molecule has 2 amide bonds. The number of amides is 2. The Morgan fingerprint density at radius 3 is 2.54 bits per heavy atom. The van der Waals surface area contributed by atoms with E-state index in [0.717, 1.165) is 24.9 Å². The molecule has 3 saturated heterocycles. The lowest BCUT2D eigenvalue weighted by Crippen LogP contribution is -2.50. The third-order valence-corrected chi connectivity index (χ3v) is 6.63. The number of carbonyl (C=O) groups excluding carboxylic acids is 2. The predicted octanol–water partition coefficient (Wildman–Crippen LogP) is 2.50. The van der Waals surface area contributed by atoms with Gasteiger partial charge in [-0.1, -0.05) is 12.5 Å². The Kier molecular flexibility index (Phi) is 5.47. The number of piperidine rings is 1. The largest absolute Gasteiger partial charge is 0.493 e. The molecule has 0 radical (unpaired) electrons. The Morgan fingerprint density at radius 2 is 1.86 bits per heavy atom. The van der Waals surface area contributed by atoms with Gasteiger partial charge in [-0.3, -0.25) is 9.59 Å². The Hall–Kier alpha value is -2.24. The summed E-state index contributed by atoms with van der Waals surface area (Å²) in [5.41, 5.74) is 0.900. The molecule has 1 aromatic rings. The number of hydrogen-bond donors (Lipinski definition) is 0. The average molecular weight is 386 g/mol. The highest BCUT2D eigenvalue weighted by Gasteiger charge is 2.42. The van der Waals surface area contributed by atoms with E-state index >= 15 is 0 Å². The summed E-state index contributed by atoms with van der Waals surface area (Å²) in [7, 11) is 3.19. The smallest absolute Gasteiger partial charge is 0.227 e. The van der Waals surface area contributed by atoms with Crippen molar-refractivity contribution in [1.82, 2.24) is 9.80 Å². The topological polar surface area (TPSA) is 59.1 Å². The fourth-order valence-electron chi connectivity index (χ4n) is 4.71. The van der Waals surface area contributed by atoms with Gasteiger partial charge in [-0.05, 0) is 49.3 Å². The zero-order chi connectivity index (χ0) is 19.7. The quantitative estimate of drug-likeness (QED) is 0.754. The van der Waals surface area contributed by atoms with Crippen molar-refractivity contribution in [3.63, 3.8) is 0 Å². The van der Waals surface area contributed by atoms with Gasteiger partial charge in [-0.15, -0.1) is 0 Å². The Labute approximate surface area is 166 Å². The molecule has 5 rings (SSSR count). The second-order valence-electron chi connectivity index (χ2n) is 8.38. The van der Waals surface area contributed by atoms with Crippen LogP contribution in [0.4, 0.5) is 0 Å². The van der Waals surface area contributed by atoms with Crippen LogP contribution in [0.15, 0.2) is 18.2 Å². The standard InChI is InChI=1S/C22H30N2O4/c1-27-19-9-6-16(10-20(19)28-2)11-21(25)23-13-17-7-8-18(14-23)24(22(17)26)12-15-4-3-5-15/h6,9-10,15,17-18H,3-5,7-8,11-14H2,1-2H3/t17-,18+/m1/s1. The van der Waals surface area contributed by atoms with Crippen LogP contribution in [0.2, 0.25) is 0 Å². The van der Waals surface area contributed by atoms with E-state index in [1.54, 1.807) is 14.2 Å². The Balaban J connectivity index is 1.44. The lowest BCUT2D eigenvalue weighted by molar-refractivity contribution is -0.141. The zero-order valence-corrected chi connectivity index (χ0v) is 16.9. The molecule has 1 saturated carbocycles. The van der Waals surface area contributed by atoms with Crippen molar-refractivity contribution >= 4 is 11.8 Å². The number of carbonyl (C=O) groups is 2. The number of rotatable bonds is 6. The van der Waals surface area contributed by atoms with Gasteiger partial charge in [0.2, 0.25) is 11.8 Å². The van der Waals surface area contributed by atoms with Crippen molar-refractivity contribution < 1.29 is 19.1 Å². The molecule has 28 heavy (non-hydrogen) atoms. The van der Waals surface area contributed by atoms with Gasteiger partial charge in [0.1, 0.15) is 0 Å². The lowest BCUT2D eigenvalue weighted by Gasteiger charge is -2.40. The highest BCUT2D eigenvalue weighted by Crippen LogP contribution is 2.34. The van der Waals surface area contributed by atoms with Crippen LogP contribution in [0.3, 0.4) is 0 Å². The van der Waals surface area contributed by atoms with Gasteiger partial charge in [0.25, 0.3) is 0 Å². The number of methoxy groups -OCH3 is 2. The monoisotopic (exact) mass is 386 g/mol. The van der Waals surface area contributed by atoms with Crippen LogP contribution in [-0.2, 0) is 16.0 Å². The van der Waals surface area contributed by atoms with Crippen LogP contribution in [0.25, 0.3) is 0 Å². The van der Waals surface area contributed by atoms with Crippen LogP contribution in [0.5, 0.6) is 11.5 Å². The molecule has 0 spiro atoms. The van der Waals surface area contributed by atoms with Gasteiger partial charge >= 0.3 is 0 Å². The summed E-state index contributed by atoms with van der Waals surface area (Å²) < 4.78 is 10.6. The van der Waals surface area contributed by atoms with Crippen LogP contribution in [-0.4, -0.2) is 61.5 Å². The van der Waals surface area contributed by atoms with Crippen molar-refractivity contribution in [3.05, 3.63) is 23.8 Å². The molecule has 0 N–H and O–H groups in total. The summed E-state index contributed by atoms with van der Waals surface area (Å²) in [6.07, 6.45) is 6.01. The average Bonchev–Trinajstić information content (AvgIpc) is 2.96. The maximum absolute atomic E-state index is 13.0. The minimum absolute atomic E-state index is 0.0341. The van der Waals surface area contributed by atoms with Crippen LogP contribution in [0, 0.1) is 11.8 Å². The number of benzene rings is 1. The second-order valence-corrected chi connectivity index (χ2v) is 8.38. The maximum atomic E-state index is 13.0. The molecule has 4 fully saturated rings. The normalized spacial score (nSPS) is 24.7. The number of hydrogen-bond acceptors (Lipinski definition) is 4. The molecule has 0 aromatic heterocycles. The van der Waals surface area contributed by atoms with Gasteiger partial charge in [0.15, 0.2) is 11.5 Å². The molecule has 2 bridgehead atoms. The van der Waals surface area contributed by atoms with E-state index in [2.05, 4.69) is 4.90 Å². The number of fused-ring (bicyclic) bond motifs is 4. The van der Waals surface area contributed by atoms with Gasteiger partial charge in [0.05, 0.1) is 26.6 Å². The van der Waals surface area contributed by atoms with Crippen molar-refractivity contribution in [2.75, 3.05) is 33.9 Å². The minimum atomic E-state index is -0.0341. The first-order chi connectivity index (χ1) is 13.6. The molecule has 6 heteroatoms. The fourth-order valence-corrected chi connectivity index (χ4v) is 4.71. The van der Waals surface area contributed by atoms with Gasteiger partial charge in [-0.25, -0.2) is 0 Å². The first-order valence-corrected chi connectivity index (χ1v) is 10.4. The highest BCUT2D eigenvalue weighted by atomic mass is 16.5. The molecule has 3 aliphatic heterocycles. The summed E-state index contributed by atoms with van der Waals surface area (Å²) in [5, 5.41) is 0. The molecule has 4 aliphatic rings.